The number of aliphatic imine (C=N–C) groups is 1. The zero-order valence-corrected chi connectivity index (χ0v) is 19.8. The second kappa shape index (κ2) is 12.5. The Labute approximate surface area is 192 Å². The van der Waals surface area contributed by atoms with E-state index in [2.05, 4.69) is 65.0 Å². The highest BCUT2D eigenvalue weighted by Gasteiger charge is 2.14. The fourth-order valence-electron chi connectivity index (χ4n) is 3.57. The van der Waals surface area contributed by atoms with Crippen LogP contribution in [-0.4, -0.2) is 38.4 Å². The molecular weight excluding hydrogens is 402 g/mol. The number of ether oxygens (including phenoxy) is 3. The fraction of sp³-hybridized carbons (Fsp3) is 0.500. The molecule has 174 valence electrons. The van der Waals surface area contributed by atoms with Crippen LogP contribution in [0.5, 0.6) is 5.75 Å². The van der Waals surface area contributed by atoms with Crippen LogP contribution >= 0.6 is 0 Å². The summed E-state index contributed by atoms with van der Waals surface area (Å²) in [5.74, 6) is 1.68. The van der Waals surface area contributed by atoms with Crippen molar-refractivity contribution < 1.29 is 14.2 Å². The SMILES string of the molecule is CN=C(NCc1ccc(COC2CCOCC2)cc1)NCc1ccc(C)cc1OC(C)C. The summed E-state index contributed by atoms with van der Waals surface area (Å²) in [6.07, 6.45) is 2.43. The van der Waals surface area contributed by atoms with Gasteiger partial charge in [-0.1, -0.05) is 36.4 Å². The predicted octanol–water partition coefficient (Wildman–Crippen LogP) is 4.34. The molecule has 0 unspecified atom stereocenters. The van der Waals surface area contributed by atoms with Gasteiger partial charge in [0.1, 0.15) is 5.75 Å². The Morgan fingerprint density at radius 3 is 2.41 bits per heavy atom. The Hall–Kier alpha value is -2.57. The van der Waals surface area contributed by atoms with E-state index in [9.17, 15) is 0 Å². The van der Waals surface area contributed by atoms with Crippen LogP contribution in [0.3, 0.4) is 0 Å². The summed E-state index contributed by atoms with van der Waals surface area (Å²) in [6, 6.07) is 14.8. The second-order valence-corrected chi connectivity index (χ2v) is 8.50. The zero-order valence-electron chi connectivity index (χ0n) is 19.8. The van der Waals surface area contributed by atoms with Crippen LogP contribution in [0.15, 0.2) is 47.5 Å². The van der Waals surface area contributed by atoms with Crippen LogP contribution in [0.4, 0.5) is 0 Å². The van der Waals surface area contributed by atoms with E-state index in [1.807, 2.05) is 13.8 Å². The van der Waals surface area contributed by atoms with Crippen LogP contribution in [0.2, 0.25) is 0 Å². The first-order valence-corrected chi connectivity index (χ1v) is 11.5. The summed E-state index contributed by atoms with van der Waals surface area (Å²) in [4.78, 5) is 4.35. The average molecular weight is 440 g/mol. The van der Waals surface area contributed by atoms with E-state index < -0.39 is 0 Å². The standard InChI is InChI=1S/C26H37N3O3/c1-19(2)32-25-15-20(3)5-10-23(25)17-29-26(27-4)28-16-21-6-8-22(9-7-21)18-31-24-11-13-30-14-12-24/h5-10,15,19,24H,11-14,16-18H2,1-4H3,(H2,27,28,29). The first-order chi connectivity index (χ1) is 15.5. The van der Waals surface area contributed by atoms with Crippen molar-refractivity contribution in [3.63, 3.8) is 0 Å². The number of hydrogen-bond donors (Lipinski definition) is 2. The molecule has 32 heavy (non-hydrogen) atoms. The lowest BCUT2D eigenvalue weighted by Crippen LogP contribution is -2.36. The highest BCUT2D eigenvalue weighted by Crippen LogP contribution is 2.21. The van der Waals surface area contributed by atoms with Crippen LogP contribution in [0.1, 0.15) is 48.9 Å². The molecule has 0 aliphatic carbocycles. The lowest BCUT2D eigenvalue weighted by atomic mass is 10.1. The molecule has 1 fully saturated rings. The molecule has 0 radical (unpaired) electrons. The summed E-state index contributed by atoms with van der Waals surface area (Å²) in [6.45, 7) is 9.77. The molecule has 1 heterocycles. The first-order valence-electron chi connectivity index (χ1n) is 11.5. The van der Waals surface area contributed by atoms with Crippen LogP contribution in [0.25, 0.3) is 0 Å². The minimum absolute atomic E-state index is 0.137. The number of hydrogen-bond acceptors (Lipinski definition) is 4. The van der Waals surface area contributed by atoms with Gasteiger partial charge in [0.2, 0.25) is 0 Å². The molecule has 0 atom stereocenters. The number of nitrogens with one attached hydrogen (secondary N) is 2. The minimum Gasteiger partial charge on any atom is -0.491 e. The Morgan fingerprint density at radius 2 is 1.72 bits per heavy atom. The molecule has 3 rings (SSSR count). The van der Waals surface area contributed by atoms with Gasteiger partial charge in [-0.3, -0.25) is 4.99 Å². The van der Waals surface area contributed by atoms with Gasteiger partial charge in [-0.2, -0.15) is 0 Å². The van der Waals surface area contributed by atoms with Crippen molar-refractivity contribution in [3.05, 3.63) is 64.7 Å². The molecule has 0 amide bonds. The van der Waals surface area contributed by atoms with Gasteiger partial charge in [0.15, 0.2) is 5.96 Å². The van der Waals surface area contributed by atoms with Crippen molar-refractivity contribution in [1.82, 2.24) is 10.6 Å². The molecule has 1 aliphatic rings. The van der Waals surface area contributed by atoms with Crippen LogP contribution in [0, 0.1) is 6.92 Å². The Bertz CT molecular complexity index is 859. The molecule has 1 aliphatic heterocycles. The Morgan fingerprint density at radius 1 is 1.03 bits per heavy atom. The van der Waals surface area contributed by atoms with Gasteiger partial charge in [-0.05, 0) is 56.4 Å². The summed E-state index contributed by atoms with van der Waals surface area (Å²) >= 11 is 0. The molecule has 0 saturated carbocycles. The van der Waals surface area contributed by atoms with Gasteiger partial charge < -0.3 is 24.8 Å². The van der Waals surface area contributed by atoms with E-state index >= 15 is 0 Å². The van der Waals surface area contributed by atoms with Gasteiger partial charge >= 0.3 is 0 Å². The van der Waals surface area contributed by atoms with E-state index in [0.29, 0.717) is 25.8 Å². The van der Waals surface area contributed by atoms with Crippen molar-refractivity contribution >= 4 is 5.96 Å². The van der Waals surface area contributed by atoms with Crippen molar-refractivity contribution in [1.29, 1.82) is 0 Å². The third-order valence-corrected chi connectivity index (χ3v) is 5.39. The van der Waals surface area contributed by atoms with Gasteiger partial charge in [0, 0.05) is 38.9 Å². The maximum absolute atomic E-state index is 6.00. The quantitative estimate of drug-likeness (QED) is 0.449. The number of nitrogens with zero attached hydrogens (tertiary/aromatic N) is 1. The molecular formula is C26H37N3O3. The lowest BCUT2D eigenvalue weighted by Gasteiger charge is -2.22. The highest BCUT2D eigenvalue weighted by molar-refractivity contribution is 5.79. The predicted molar refractivity (Wildman–Crippen MR) is 129 cm³/mol. The molecule has 6 nitrogen and oxygen atoms in total. The number of aryl methyl sites for hydroxylation is 1. The fourth-order valence-corrected chi connectivity index (χ4v) is 3.57. The summed E-state index contributed by atoms with van der Waals surface area (Å²) in [5, 5.41) is 6.77. The van der Waals surface area contributed by atoms with E-state index in [1.165, 1.54) is 16.7 Å². The molecule has 1 saturated heterocycles. The Kier molecular flexibility index (Phi) is 9.38. The summed E-state index contributed by atoms with van der Waals surface area (Å²) in [5.41, 5.74) is 4.69. The van der Waals surface area contributed by atoms with Crippen molar-refractivity contribution in [2.45, 2.75) is 65.5 Å². The monoisotopic (exact) mass is 439 g/mol. The van der Waals surface area contributed by atoms with E-state index in [0.717, 1.165) is 43.3 Å². The van der Waals surface area contributed by atoms with Crippen molar-refractivity contribution in [2.75, 3.05) is 20.3 Å². The summed E-state index contributed by atoms with van der Waals surface area (Å²) < 4.78 is 17.4. The van der Waals surface area contributed by atoms with E-state index in [4.69, 9.17) is 14.2 Å². The van der Waals surface area contributed by atoms with Crippen molar-refractivity contribution in [3.8, 4) is 5.75 Å². The highest BCUT2D eigenvalue weighted by atomic mass is 16.5. The average Bonchev–Trinajstić information content (AvgIpc) is 2.80. The van der Waals surface area contributed by atoms with E-state index in [-0.39, 0.29) is 6.10 Å². The molecule has 6 heteroatoms. The summed E-state index contributed by atoms with van der Waals surface area (Å²) in [7, 11) is 1.78. The van der Waals surface area contributed by atoms with Gasteiger partial charge in [0.05, 0.1) is 18.8 Å². The Balaban J connectivity index is 1.46. The van der Waals surface area contributed by atoms with Crippen molar-refractivity contribution in [2.24, 2.45) is 4.99 Å². The number of guanidine groups is 1. The first kappa shape index (κ1) is 24.1. The normalized spacial score (nSPS) is 15.1. The number of rotatable bonds is 9. The maximum atomic E-state index is 6.00. The molecule has 2 aromatic rings. The second-order valence-electron chi connectivity index (χ2n) is 8.50. The smallest absolute Gasteiger partial charge is 0.191 e. The zero-order chi connectivity index (χ0) is 22.8. The molecule has 2 aromatic carbocycles. The maximum Gasteiger partial charge on any atom is 0.191 e. The minimum atomic E-state index is 0.137. The topological polar surface area (TPSA) is 64.1 Å². The molecule has 0 bridgehead atoms. The third kappa shape index (κ3) is 7.84. The molecule has 0 aromatic heterocycles. The third-order valence-electron chi connectivity index (χ3n) is 5.39. The van der Waals surface area contributed by atoms with Gasteiger partial charge in [-0.15, -0.1) is 0 Å². The van der Waals surface area contributed by atoms with Crippen LogP contribution < -0.4 is 15.4 Å². The van der Waals surface area contributed by atoms with Crippen LogP contribution in [-0.2, 0) is 29.2 Å². The van der Waals surface area contributed by atoms with Gasteiger partial charge in [0.25, 0.3) is 0 Å². The number of benzene rings is 2. The molecule has 2 N–H and O–H groups in total. The molecule has 0 spiro atoms. The van der Waals surface area contributed by atoms with Gasteiger partial charge in [-0.25, -0.2) is 0 Å². The lowest BCUT2D eigenvalue weighted by molar-refractivity contribution is -0.0390. The van der Waals surface area contributed by atoms with E-state index in [1.54, 1.807) is 7.05 Å². The largest absolute Gasteiger partial charge is 0.491 e.